The first-order valence-electron chi connectivity index (χ1n) is 0.653. The number of halogens is 1. The molecule has 0 rings (SSSR count). The highest BCUT2D eigenvalue weighted by Gasteiger charge is 1.48. The molecule has 0 aromatic rings. The largest absolute Gasteiger partial charge is 0.216 e. The van der Waals surface area contributed by atoms with Crippen molar-refractivity contribution in [3.63, 3.8) is 0 Å². The van der Waals surface area contributed by atoms with Crippen LogP contribution in [0.25, 0.3) is 0 Å². The molecular formula is CH2ClNS. The van der Waals surface area contributed by atoms with Gasteiger partial charge in [-0.05, 0) is 10.7 Å². The van der Waals surface area contributed by atoms with Gasteiger partial charge in [0.2, 0.25) is 0 Å². The van der Waals surface area contributed by atoms with Crippen molar-refractivity contribution in [2.24, 2.45) is 4.40 Å². The van der Waals surface area contributed by atoms with Crippen LogP contribution in [-0.4, -0.2) is 6.72 Å². The fraction of sp³-hybridized carbons (Fsp3) is 0. The van der Waals surface area contributed by atoms with E-state index in [1.54, 1.807) is 0 Å². The van der Waals surface area contributed by atoms with Gasteiger partial charge in [0.15, 0.2) is 0 Å². The number of nitrogens with zero attached hydrogens (tertiary/aromatic N) is 1. The van der Waals surface area contributed by atoms with Crippen LogP contribution >= 0.6 is 21.8 Å². The summed E-state index contributed by atoms with van der Waals surface area (Å²) < 4.78 is 3.17. The Labute approximate surface area is 33.7 Å². The van der Waals surface area contributed by atoms with E-state index < -0.39 is 0 Å². The maximum atomic E-state index is 4.87. The third kappa shape index (κ3) is 2.31. The Morgan fingerprint density at radius 3 is 2.25 bits per heavy atom. The van der Waals surface area contributed by atoms with Crippen LogP contribution in [0.15, 0.2) is 4.40 Å². The molecule has 0 heterocycles. The van der Waals surface area contributed by atoms with Crippen LogP contribution in [0.1, 0.15) is 0 Å². The molecule has 0 aromatic carbocycles. The van der Waals surface area contributed by atoms with Crippen molar-refractivity contribution in [3.05, 3.63) is 0 Å². The van der Waals surface area contributed by atoms with Gasteiger partial charge >= 0.3 is 0 Å². The van der Waals surface area contributed by atoms with E-state index in [9.17, 15) is 0 Å². The average molecular weight is 95.6 g/mol. The first kappa shape index (κ1) is 4.31. The highest BCUT2D eigenvalue weighted by molar-refractivity contribution is 8.20. The third-order valence-electron chi connectivity index (χ3n) is 0.0488. The van der Waals surface area contributed by atoms with E-state index >= 15 is 0 Å². The van der Waals surface area contributed by atoms with Gasteiger partial charge in [0, 0.05) is 6.72 Å². The van der Waals surface area contributed by atoms with Crippen LogP contribution in [0.3, 0.4) is 0 Å². The predicted molar refractivity (Wildman–Crippen MR) is 23.0 cm³/mol. The lowest BCUT2D eigenvalue weighted by Gasteiger charge is -1.55. The monoisotopic (exact) mass is 95.0 g/mol. The zero-order valence-corrected chi connectivity index (χ0v) is 3.51. The minimum atomic E-state index is 0.843. The van der Waals surface area contributed by atoms with Crippen LogP contribution < -0.4 is 0 Å². The zero-order chi connectivity index (χ0) is 3.41. The van der Waals surface area contributed by atoms with E-state index in [2.05, 4.69) is 11.1 Å². The predicted octanol–water partition coefficient (Wildman–Crippen LogP) is 1.49. The fourth-order valence-electron chi connectivity index (χ4n) is 0. The smallest absolute Gasteiger partial charge is 0.0819 e. The summed E-state index contributed by atoms with van der Waals surface area (Å²) in [6.07, 6.45) is 0. The van der Waals surface area contributed by atoms with Crippen molar-refractivity contribution < 1.29 is 0 Å². The maximum absolute atomic E-state index is 4.87. The Morgan fingerprint density at radius 2 is 2.25 bits per heavy atom. The average Bonchev–Trinajstić information content (AvgIpc) is 1.37. The van der Waals surface area contributed by atoms with Crippen molar-refractivity contribution in [3.8, 4) is 0 Å². The Kier molecular flexibility index (Phi) is 3.57. The summed E-state index contributed by atoms with van der Waals surface area (Å²) in [5, 5.41) is 0. The molecule has 0 saturated carbocycles. The molecule has 24 valence electrons. The molecule has 0 bridgehead atoms. The minimum absolute atomic E-state index is 0.843. The lowest BCUT2D eigenvalue weighted by Crippen LogP contribution is -1.16. The van der Waals surface area contributed by atoms with Gasteiger partial charge in [-0.1, -0.05) is 0 Å². The number of hydrogen-bond acceptors (Lipinski definition) is 2. The summed E-state index contributed by atoms with van der Waals surface area (Å²) >= 11 is 0.843. The lowest BCUT2D eigenvalue weighted by atomic mass is 11.8. The van der Waals surface area contributed by atoms with E-state index in [1.807, 2.05) is 0 Å². The highest BCUT2D eigenvalue weighted by Crippen LogP contribution is 2.02. The van der Waals surface area contributed by atoms with Gasteiger partial charge in [-0.15, -0.1) is 0 Å². The third-order valence-corrected chi connectivity index (χ3v) is 0.439. The molecule has 0 aromatic heterocycles. The van der Waals surface area contributed by atoms with Crippen molar-refractivity contribution in [2.45, 2.75) is 0 Å². The first-order chi connectivity index (χ1) is 1.91. The van der Waals surface area contributed by atoms with Crippen LogP contribution in [0.2, 0.25) is 0 Å². The first-order valence-corrected chi connectivity index (χ1v) is 2.25. The van der Waals surface area contributed by atoms with Gasteiger partial charge < -0.3 is 0 Å². The summed E-state index contributed by atoms with van der Waals surface area (Å²) in [7, 11) is 4.87. The van der Waals surface area contributed by atoms with Crippen molar-refractivity contribution in [2.75, 3.05) is 0 Å². The van der Waals surface area contributed by atoms with E-state index in [1.165, 1.54) is 0 Å². The summed E-state index contributed by atoms with van der Waals surface area (Å²) in [6, 6.07) is 0. The molecule has 0 amide bonds. The van der Waals surface area contributed by atoms with Gasteiger partial charge in [0.05, 0.1) is 11.2 Å². The molecule has 0 aliphatic carbocycles. The van der Waals surface area contributed by atoms with E-state index in [0.29, 0.717) is 0 Å². The van der Waals surface area contributed by atoms with E-state index in [4.69, 9.17) is 10.7 Å². The molecule has 0 aliphatic heterocycles. The second kappa shape index (κ2) is 3.31. The SMILES string of the molecule is C=NSCl. The maximum Gasteiger partial charge on any atom is 0.0819 e. The summed E-state index contributed by atoms with van der Waals surface area (Å²) in [5.41, 5.74) is 0. The van der Waals surface area contributed by atoms with Crippen LogP contribution in [-0.2, 0) is 0 Å². The topological polar surface area (TPSA) is 12.4 Å². The summed E-state index contributed by atoms with van der Waals surface area (Å²) in [6.45, 7) is 3.06. The van der Waals surface area contributed by atoms with Gasteiger partial charge in [-0.25, -0.2) is 4.40 Å². The fourth-order valence-corrected chi connectivity index (χ4v) is 0. The highest BCUT2D eigenvalue weighted by atomic mass is 35.7. The molecule has 0 fully saturated rings. The van der Waals surface area contributed by atoms with Crippen LogP contribution in [0.5, 0.6) is 0 Å². The van der Waals surface area contributed by atoms with Crippen molar-refractivity contribution >= 4 is 28.6 Å². The molecule has 3 heteroatoms. The Hall–Kier alpha value is 0.310. The van der Waals surface area contributed by atoms with Crippen LogP contribution in [0, 0.1) is 0 Å². The molecule has 4 heavy (non-hydrogen) atoms. The Morgan fingerprint density at radius 1 is 2.00 bits per heavy atom. The normalized spacial score (nSPS) is 6.25. The van der Waals surface area contributed by atoms with E-state index in [-0.39, 0.29) is 0 Å². The molecule has 0 aliphatic rings. The molecule has 0 unspecified atom stereocenters. The quantitative estimate of drug-likeness (QED) is 0.355. The summed E-state index contributed by atoms with van der Waals surface area (Å²) in [4.78, 5) is 0. The van der Waals surface area contributed by atoms with E-state index in [0.717, 1.165) is 11.2 Å². The Bertz CT molecular complexity index is 22.0. The molecule has 0 N–H and O–H groups in total. The minimum Gasteiger partial charge on any atom is -0.216 e. The standard InChI is InChI=1S/CH2ClNS/c1-3-4-2/h1H2. The van der Waals surface area contributed by atoms with Gasteiger partial charge in [-0.2, -0.15) is 0 Å². The van der Waals surface area contributed by atoms with Crippen molar-refractivity contribution in [1.29, 1.82) is 0 Å². The summed E-state index contributed by atoms with van der Waals surface area (Å²) in [5.74, 6) is 0. The lowest BCUT2D eigenvalue weighted by molar-refractivity contribution is 2.07. The molecule has 0 radical (unpaired) electrons. The van der Waals surface area contributed by atoms with Crippen LogP contribution in [0.4, 0.5) is 0 Å². The van der Waals surface area contributed by atoms with Gasteiger partial charge in [0.1, 0.15) is 0 Å². The second-order valence-corrected chi connectivity index (χ2v) is 1.01. The number of rotatable bonds is 1. The Balaban J connectivity index is 2.30. The zero-order valence-electron chi connectivity index (χ0n) is 1.94. The molecule has 1 nitrogen and oxygen atoms in total. The molecular weight excluding hydrogens is 93.5 g/mol. The second-order valence-electron chi connectivity index (χ2n) is 0.198. The molecule has 0 atom stereocenters. The molecule has 0 spiro atoms. The van der Waals surface area contributed by atoms with Gasteiger partial charge in [-0.3, -0.25) is 0 Å². The van der Waals surface area contributed by atoms with Gasteiger partial charge in [0.25, 0.3) is 0 Å². The number of hydrogen-bond donors (Lipinski definition) is 0. The van der Waals surface area contributed by atoms with Crippen molar-refractivity contribution in [1.82, 2.24) is 0 Å². The molecule has 0 saturated heterocycles.